The van der Waals surface area contributed by atoms with Crippen LogP contribution in [0.15, 0.2) is 30.7 Å². The molecule has 2 aromatic rings. The number of aliphatic hydroxyl groups excluding tert-OH is 1. The maximum absolute atomic E-state index is 11.3. The van der Waals surface area contributed by atoms with Gasteiger partial charge in [-0.1, -0.05) is 0 Å². The van der Waals surface area contributed by atoms with Crippen molar-refractivity contribution in [2.75, 3.05) is 23.3 Å². The van der Waals surface area contributed by atoms with Gasteiger partial charge in [-0.25, -0.2) is 15.0 Å². The van der Waals surface area contributed by atoms with Crippen LogP contribution in [-0.2, 0) is 0 Å². The van der Waals surface area contributed by atoms with Crippen LogP contribution in [0.2, 0.25) is 0 Å². The van der Waals surface area contributed by atoms with Gasteiger partial charge in [0, 0.05) is 48.6 Å². The largest absolute Gasteiger partial charge is 0.391 e. The molecule has 3 heterocycles. The van der Waals surface area contributed by atoms with E-state index in [0.29, 0.717) is 29.9 Å². The number of carbonyl (C=O) groups is 1. The molecule has 1 saturated carbocycles. The molecule has 1 atom stereocenters. The van der Waals surface area contributed by atoms with Gasteiger partial charge in [0.2, 0.25) is 5.91 Å². The number of carbonyl (C=O) groups excluding carboxylic acids is 1. The zero-order chi connectivity index (χ0) is 18.1. The Kier molecular flexibility index (Phi) is 4.42. The topological polar surface area (TPSA) is 117 Å². The number of hydrogen-bond acceptors (Lipinski definition) is 7. The van der Waals surface area contributed by atoms with Crippen LogP contribution in [-0.4, -0.2) is 51.2 Å². The lowest BCUT2D eigenvalue weighted by atomic mass is 9.78. The molecule has 4 rings (SSSR count). The highest BCUT2D eigenvalue weighted by Gasteiger charge is 2.32. The lowest BCUT2D eigenvalue weighted by molar-refractivity contribution is 0.1000. The van der Waals surface area contributed by atoms with Crippen LogP contribution in [0.3, 0.4) is 0 Å². The Hall–Kier alpha value is -2.74. The normalized spacial score (nSPS) is 25.0. The van der Waals surface area contributed by atoms with Crippen LogP contribution in [0.4, 0.5) is 11.6 Å². The van der Waals surface area contributed by atoms with Crippen molar-refractivity contribution in [1.29, 1.82) is 0 Å². The van der Waals surface area contributed by atoms with Crippen LogP contribution in [0, 0.1) is 0 Å². The Balaban J connectivity index is 1.36. The molecule has 2 aromatic heterocycles. The summed E-state index contributed by atoms with van der Waals surface area (Å²) in [5.74, 6) is 1.47. The van der Waals surface area contributed by atoms with Crippen molar-refractivity contribution in [3.05, 3.63) is 42.0 Å². The summed E-state index contributed by atoms with van der Waals surface area (Å²) in [6.45, 7) is 1.46. The number of hydrogen-bond donors (Lipinski definition) is 3. The van der Waals surface area contributed by atoms with Crippen LogP contribution in [0.25, 0.3) is 0 Å². The molecule has 8 heteroatoms. The number of amides is 1. The molecule has 26 heavy (non-hydrogen) atoms. The van der Waals surface area contributed by atoms with E-state index < -0.39 is 5.91 Å². The predicted octanol–water partition coefficient (Wildman–Crippen LogP) is 0.900. The molecule has 1 amide bonds. The summed E-state index contributed by atoms with van der Waals surface area (Å²) in [5, 5.41) is 13.0. The number of rotatable bonds is 5. The van der Waals surface area contributed by atoms with Gasteiger partial charge in [0.1, 0.15) is 18.0 Å². The summed E-state index contributed by atoms with van der Waals surface area (Å²) < 4.78 is 0. The first-order valence-corrected chi connectivity index (χ1v) is 8.86. The molecule has 1 aliphatic carbocycles. The smallest absolute Gasteiger partial charge is 0.248 e. The van der Waals surface area contributed by atoms with Gasteiger partial charge >= 0.3 is 0 Å². The molecule has 0 unspecified atom stereocenters. The maximum Gasteiger partial charge on any atom is 0.248 e. The molecule has 4 N–H and O–H groups in total. The standard InChI is InChI=1S/C18H22N6O2/c19-18(26)11-1-3-20-16(7-11)23-13-5-12(6-13)15-8-17(22-10-21-15)24-4-2-14(25)9-24/h1,3,7-8,10,12-14,25H,2,4-6,9H2,(H2,19,26)(H,20,23)/t12?,13?,14-/m0/s1. The van der Waals surface area contributed by atoms with E-state index >= 15 is 0 Å². The number of anilines is 2. The van der Waals surface area contributed by atoms with Gasteiger partial charge in [-0.15, -0.1) is 0 Å². The Bertz CT molecular complexity index is 808. The van der Waals surface area contributed by atoms with E-state index in [0.717, 1.165) is 37.3 Å². The van der Waals surface area contributed by atoms with Crippen molar-refractivity contribution in [3.8, 4) is 0 Å². The van der Waals surface area contributed by atoms with Crippen LogP contribution in [0.5, 0.6) is 0 Å². The van der Waals surface area contributed by atoms with Gasteiger partial charge in [-0.3, -0.25) is 4.79 Å². The number of nitrogens with zero attached hydrogens (tertiary/aromatic N) is 4. The van der Waals surface area contributed by atoms with Gasteiger partial charge in [-0.05, 0) is 31.4 Å². The molecule has 2 fully saturated rings. The molecule has 0 radical (unpaired) electrons. The van der Waals surface area contributed by atoms with Crippen LogP contribution in [0.1, 0.15) is 41.2 Å². The highest BCUT2D eigenvalue weighted by Crippen LogP contribution is 2.38. The fourth-order valence-electron chi connectivity index (χ4n) is 3.56. The van der Waals surface area contributed by atoms with Crippen molar-refractivity contribution in [3.63, 3.8) is 0 Å². The second kappa shape index (κ2) is 6.87. The van der Waals surface area contributed by atoms with E-state index in [2.05, 4.69) is 25.2 Å². The number of β-amino-alcohol motifs (C(OH)–C–C–N with tert-alkyl or cyclic N) is 1. The number of nitrogens with two attached hydrogens (primary N) is 1. The Morgan fingerprint density at radius 1 is 1.27 bits per heavy atom. The fourth-order valence-corrected chi connectivity index (χ4v) is 3.56. The SMILES string of the molecule is NC(=O)c1ccnc(NC2CC(c3cc(N4CC[C@H](O)C4)ncn3)C2)c1. The third kappa shape index (κ3) is 3.45. The van der Waals surface area contributed by atoms with E-state index in [4.69, 9.17) is 5.73 Å². The molecule has 0 aromatic carbocycles. The third-order valence-corrected chi connectivity index (χ3v) is 5.11. The second-order valence-electron chi connectivity index (χ2n) is 6.99. The Morgan fingerprint density at radius 2 is 2.12 bits per heavy atom. The zero-order valence-corrected chi connectivity index (χ0v) is 14.4. The van der Waals surface area contributed by atoms with E-state index in [-0.39, 0.29) is 6.10 Å². The van der Waals surface area contributed by atoms with Gasteiger partial charge in [-0.2, -0.15) is 0 Å². The van der Waals surface area contributed by atoms with Crippen LogP contribution >= 0.6 is 0 Å². The van der Waals surface area contributed by atoms with Gasteiger partial charge in [0.05, 0.1) is 6.10 Å². The number of primary amides is 1. The predicted molar refractivity (Wildman–Crippen MR) is 97.0 cm³/mol. The quantitative estimate of drug-likeness (QED) is 0.730. The average molecular weight is 354 g/mol. The van der Waals surface area contributed by atoms with Crippen molar-refractivity contribution >= 4 is 17.5 Å². The minimum absolute atomic E-state index is 0.269. The third-order valence-electron chi connectivity index (χ3n) is 5.11. The zero-order valence-electron chi connectivity index (χ0n) is 14.4. The van der Waals surface area contributed by atoms with Crippen molar-refractivity contribution in [2.24, 2.45) is 5.73 Å². The first-order valence-electron chi connectivity index (χ1n) is 8.86. The summed E-state index contributed by atoms with van der Waals surface area (Å²) >= 11 is 0. The molecular formula is C18H22N6O2. The highest BCUT2D eigenvalue weighted by molar-refractivity contribution is 5.93. The Labute approximate surface area is 151 Å². The van der Waals surface area contributed by atoms with Crippen molar-refractivity contribution in [1.82, 2.24) is 15.0 Å². The first kappa shape index (κ1) is 16.7. The first-order chi connectivity index (χ1) is 12.6. The molecule has 0 bridgehead atoms. The number of nitrogens with one attached hydrogen (secondary N) is 1. The van der Waals surface area contributed by atoms with E-state index in [1.807, 2.05) is 6.07 Å². The number of pyridine rings is 1. The summed E-state index contributed by atoms with van der Waals surface area (Å²) in [7, 11) is 0. The molecule has 2 aliphatic rings. The number of aliphatic hydroxyl groups is 1. The number of aromatic nitrogens is 3. The molecule has 0 spiro atoms. The summed E-state index contributed by atoms with van der Waals surface area (Å²) in [6, 6.07) is 5.61. The molecule has 1 saturated heterocycles. The average Bonchev–Trinajstić information content (AvgIpc) is 3.04. The monoisotopic (exact) mass is 354 g/mol. The van der Waals surface area contributed by atoms with E-state index in [1.165, 1.54) is 0 Å². The van der Waals surface area contributed by atoms with E-state index in [9.17, 15) is 9.90 Å². The minimum atomic E-state index is -0.456. The van der Waals surface area contributed by atoms with Gasteiger partial charge in [0.25, 0.3) is 0 Å². The molecule has 8 nitrogen and oxygen atoms in total. The summed E-state index contributed by atoms with van der Waals surface area (Å²) in [6.07, 6.45) is 5.59. The minimum Gasteiger partial charge on any atom is -0.391 e. The van der Waals surface area contributed by atoms with Crippen molar-refractivity contribution in [2.45, 2.75) is 37.3 Å². The maximum atomic E-state index is 11.3. The molecule has 1 aliphatic heterocycles. The van der Waals surface area contributed by atoms with Gasteiger partial charge < -0.3 is 21.1 Å². The van der Waals surface area contributed by atoms with Crippen molar-refractivity contribution < 1.29 is 9.90 Å². The lowest BCUT2D eigenvalue weighted by Crippen LogP contribution is -2.35. The molecular weight excluding hydrogens is 332 g/mol. The Morgan fingerprint density at radius 3 is 2.85 bits per heavy atom. The van der Waals surface area contributed by atoms with Crippen LogP contribution < -0.4 is 16.0 Å². The summed E-state index contributed by atoms with van der Waals surface area (Å²) in [4.78, 5) is 26.4. The fraction of sp³-hybridized carbons (Fsp3) is 0.444. The second-order valence-corrected chi connectivity index (χ2v) is 6.99. The van der Waals surface area contributed by atoms with Gasteiger partial charge in [0.15, 0.2) is 0 Å². The molecule has 136 valence electrons. The highest BCUT2D eigenvalue weighted by atomic mass is 16.3. The lowest BCUT2D eigenvalue weighted by Gasteiger charge is -2.36. The summed E-state index contributed by atoms with van der Waals surface area (Å²) in [5.41, 5.74) is 6.79. The van der Waals surface area contributed by atoms with E-state index in [1.54, 1.807) is 24.7 Å².